The third kappa shape index (κ3) is 4.48. The second kappa shape index (κ2) is 9.28. The van der Waals surface area contributed by atoms with E-state index in [0.29, 0.717) is 35.4 Å². The van der Waals surface area contributed by atoms with Crippen LogP contribution in [-0.2, 0) is 13.2 Å². The van der Waals surface area contributed by atoms with E-state index in [-0.39, 0.29) is 29.8 Å². The number of pyridine rings is 1. The summed E-state index contributed by atoms with van der Waals surface area (Å²) in [7, 11) is 3.21. The Morgan fingerprint density at radius 2 is 1.88 bits per heavy atom. The fourth-order valence-corrected chi connectivity index (χ4v) is 3.95. The van der Waals surface area contributed by atoms with Gasteiger partial charge < -0.3 is 19.5 Å². The number of carbonyl (C=O) groups is 1. The number of carbonyl (C=O) groups excluding carboxylic acids is 1. The van der Waals surface area contributed by atoms with Crippen molar-refractivity contribution in [1.82, 2.24) is 14.5 Å². The summed E-state index contributed by atoms with van der Waals surface area (Å²) in [5, 5.41) is 3.61. The van der Waals surface area contributed by atoms with E-state index in [0.717, 1.165) is 31.4 Å². The van der Waals surface area contributed by atoms with Gasteiger partial charge in [-0.05, 0) is 43.5 Å². The average molecular weight is 469 g/mol. The molecule has 3 aromatic rings. The van der Waals surface area contributed by atoms with Crippen LogP contribution in [0.1, 0.15) is 35.2 Å². The minimum Gasteiger partial charge on any atom is -0.495 e. The molecule has 2 aromatic heterocycles. The zero-order valence-electron chi connectivity index (χ0n) is 17.7. The lowest BCUT2D eigenvalue weighted by atomic mass is 10.1. The van der Waals surface area contributed by atoms with Crippen molar-refractivity contribution in [3.05, 3.63) is 47.8 Å². The number of fused-ring (bicyclic) bond motifs is 1. The fourth-order valence-electron chi connectivity index (χ4n) is 3.95. The van der Waals surface area contributed by atoms with Crippen LogP contribution in [0.5, 0.6) is 5.75 Å². The monoisotopic (exact) mass is 468 g/mol. The standard InChI is InChI=1S/C22H23F3N4O2.ClH/c1-28-11-8-15-19(28)16(21(30)29-9-4-3-5-10-29)13-26-20(15)27-17-12-14(22(23,24)25)6-7-18(17)31-2;/h6-8,11-13H,3-5,9-10H2,1-2H3,(H,26,27);1H. The highest BCUT2D eigenvalue weighted by Crippen LogP contribution is 2.37. The number of nitrogens with zero attached hydrogens (tertiary/aromatic N) is 3. The number of aromatic nitrogens is 2. The molecule has 0 unspecified atom stereocenters. The maximum Gasteiger partial charge on any atom is 0.416 e. The van der Waals surface area contributed by atoms with Crippen LogP contribution in [0, 0.1) is 0 Å². The number of benzene rings is 1. The number of likely N-dealkylation sites (tertiary alicyclic amines) is 1. The van der Waals surface area contributed by atoms with E-state index >= 15 is 0 Å². The number of alkyl halides is 3. The number of hydrogen-bond acceptors (Lipinski definition) is 4. The molecule has 0 aliphatic carbocycles. The molecule has 1 aromatic carbocycles. The summed E-state index contributed by atoms with van der Waals surface area (Å²) in [6.45, 7) is 1.43. The van der Waals surface area contributed by atoms with Gasteiger partial charge in [0.05, 0.1) is 29.4 Å². The van der Waals surface area contributed by atoms with E-state index in [1.807, 2.05) is 16.5 Å². The van der Waals surface area contributed by atoms with Crippen LogP contribution in [0.15, 0.2) is 36.7 Å². The molecular formula is C22H24ClF3N4O2. The van der Waals surface area contributed by atoms with Gasteiger partial charge in [-0.25, -0.2) is 4.98 Å². The molecule has 0 spiro atoms. The Morgan fingerprint density at radius 1 is 1.16 bits per heavy atom. The van der Waals surface area contributed by atoms with Gasteiger partial charge in [-0.15, -0.1) is 12.4 Å². The predicted molar refractivity (Wildman–Crippen MR) is 119 cm³/mol. The quantitative estimate of drug-likeness (QED) is 0.557. The molecular weight excluding hydrogens is 445 g/mol. The van der Waals surface area contributed by atoms with Crippen molar-refractivity contribution in [2.45, 2.75) is 25.4 Å². The fraction of sp³-hybridized carbons (Fsp3) is 0.364. The summed E-state index contributed by atoms with van der Waals surface area (Å²) in [4.78, 5) is 19.3. The Kier molecular flexibility index (Phi) is 6.88. The summed E-state index contributed by atoms with van der Waals surface area (Å²) in [6.07, 6.45) is 1.87. The summed E-state index contributed by atoms with van der Waals surface area (Å²) < 4.78 is 46.6. The van der Waals surface area contributed by atoms with Gasteiger partial charge in [0.2, 0.25) is 0 Å². The molecule has 1 saturated heterocycles. The van der Waals surface area contributed by atoms with Crippen LogP contribution in [0.4, 0.5) is 24.7 Å². The van der Waals surface area contributed by atoms with Crippen molar-refractivity contribution in [3.8, 4) is 5.75 Å². The number of nitrogens with one attached hydrogen (secondary N) is 1. The SMILES string of the molecule is COc1ccc(C(F)(F)F)cc1Nc1ncc(C(=O)N2CCCCC2)c2c1ccn2C.Cl. The summed E-state index contributed by atoms with van der Waals surface area (Å²) in [6, 6.07) is 5.01. The number of rotatable bonds is 4. The van der Waals surface area contributed by atoms with E-state index in [1.165, 1.54) is 19.4 Å². The van der Waals surface area contributed by atoms with Gasteiger partial charge in [-0.1, -0.05) is 0 Å². The molecule has 0 saturated carbocycles. The van der Waals surface area contributed by atoms with E-state index in [2.05, 4.69) is 10.3 Å². The van der Waals surface area contributed by atoms with Crippen molar-refractivity contribution >= 4 is 40.7 Å². The number of hydrogen-bond donors (Lipinski definition) is 1. The predicted octanol–water partition coefficient (Wildman–Crippen LogP) is 5.39. The van der Waals surface area contributed by atoms with E-state index in [4.69, 9.17) is 4.74 Å². The van der Waals surface area contributed by atoms with Crippen molar-refractivity contribution in [2.75, 3.05) is 25.5 Å². The van der Waals surface area contributed by atoms with Gasteiger partial charge in [-0.2, -0.15) is 13.2 Å². The van der Waals surface area contributed by atoms with E-state index < -0.39 is 11.7 Å². The molecule has 0 atom stereocenters. The zero-order chi connectivity index (χ0) is 22.2. The number of anilines is 2. The molecule has 1 amide bonds. The topological polar surface area (TPSA) is 59.4 Å². The molecule has 1 aliphatic rings. The molecule has 1 aliphatic heterocycles. The van der Waals surface area contributed by atoms with Crippen LogP contribution >= 0.6 is 12.4 Å². The Labute approximate surface area is 189 Å². The summed E-state index contributed by atoms with van der Waals surface area (Å²) in [5.74, 6) is 0.526. The second-order valence-electron chi connectivity index (χ2n) is 7.60. The molecule has 6 nitrogen and oxygen atoms in total. The lowest BCUT2D eigenvalue weighted by molar-refractivity contribution is -0.137. The van der Waals surface area contributed by atoms with Gasteiger partial charge in [0.25, 0.3) is 5.91 Å². The van der Waals surface area contributed by atoms with Crippen LogP contribution in [0.3, 0.4) is 0 Å². The molecule has 3 heterocycles. The Balaban J connectivity index is 0.00000289. The smallest absolute Gasteiger partial charge is 0.416 e. The van der Waals surface area contributed by atoms with Crippen molar-refractivity contribution < 1.29 is 22.7 Å². The van der Waals surface area contributed by atoms with Crippen LogP contribution in [-0.4, -0.2) is 40.6 Å². The number of halogens is 4. The number of ether oxygens (including phenoxy) is 1. The lowest BCUT2D eigenvalue weighted by Crippen LogP contribution is -2.35. The molecule has 10 heteroatoms. The Bertz CT molecular complexity index is 1120. The number of amides is 1. The highest BCUT2D eigenvalue weighted by atomic mass is 35.5. The van der Waals surface area contributed by atoms with Gasteiger partial charge in [0.1, 0.15) is 11.6 Å². The first-order chi connectivity index (χ1) is 14.8. The third-order valence-electron chi connectivity index (χ3n) is 5.56. The number of aryl methyl sites for hydroxylation is 1. The maximum atomic E-state index is 13.2. The van der Waals surface area contributed by atoms with Crippen molar-refractivity contribution in [2.24, 2.45) is 7.05 Å². The maximum absolute atomic E-state index is 13.2. The van der Waals surface area contributed by atoms with Gasteiger partial charge in [0, 0.05) is 37.9 Å². The highest BCUT2D eigenvalue weighted by Gasteiger charge is 2.31. The lowest BCUT2D eigenvalue weighted by Gasteiger charge is -2.27. The third-order valence-corrected chi connectivity index (χ3v) is 5.56. The Morgan fingerprint density at radius 3 is 2.53 bits per heavy atom. The first-order valence-electron chi connectivity index (χ1n) is 10.0. The van der Waals surface area contributed by atoms with E-state index in [9.17, 15) is 18.0 Å². The van der Waals surface area contributed by atoms with Crippen molar-refractivity contribution in [3.63, 3.8) is 0 Å². The first-order valence-corrected chi connectivity index (χ1v) is 10.0. The number of methoxy groups -OCH3 is 1. The molecule has 1 N–H and O–H groups in total. The molecule has 0 bridgehead atoms. The summed E-state index contributed by atoms with van der Waals surface area (Å²) in [5.41, 5.74) is 0.507. The Hall–Kier alpha value is -2.94. The second-order valence-corrected chi connectivity index (χ2v) is 7.60. The van der Waals surface area contributed by atoms with Crippen LogP contribution in [0.2, 0.25) is 0 Å². The normalized spacial score (nSPS) is 14.2. The number of piperidine rings is 1. The minimum absolute atomic E-state index is 0. The minimum atomic E-state index is -4.48. The molecule has 32 heavy (non-hydrogen) atoms. The van der Waals surface area contributed by atoms with Crippen molar-refractivity contribution in [1.29, 1.82) is 0 Å². The van der Waals surface area contributed by atoms with E-state index in [1.54, 1.807) is 12.3 Å². The summed E-state index contributed by atoms with van der Waals surface area (Å²) >= 11 is 0. The van der Waals surface area contributed by atoms with Gasteiger partial charge in [0.15, 0.2) is 0 Å². The highest BCUT2D eigenvalue weighted by molar-refractivity contribution is 6.08. The zero-order valence-corrected chi connectivity index (χ0v) is 18.5. The van der Waals surface area contributed by atoms with Crippen LogP contribution < -0.4 is 10.1 Å². The average Bonchev–Trinajstić information content (AvgIpc) is 3.15. The first kappa shape index (κ1) is 23.7. The van der Waals surface area contributed by atoms with Crippen LogP contribution in [0.25, 0.3) is 10.9 Å². The molecule has 0 radical (unpaired) electrons. The largest absolute Gasteiger partial charge is 0.495 e. The molecule has 1 fully saturated rings. The molecule has 4 rings (SSSR count). The van der Waals surface area contributed by atoms with Gasteiger partial charge in [-0.3, -0.25) is 4.79 Å². The molecule has 172 valence electrons. The van der Waals surface area contributed by atoms with Gasteiger partial charge >= 0.3 is 6.18 Å².